The third-order valence-electron chi connectivity index (χ3n) is 5.22. The van der Waals surface area contributed by atoms with Gasteiger partial charge >= 0.3 is 0 Å². The third kappa shape index (κ3) is 3.83. The number of fused-ring (bicyclic) bond motifs is 1. The minimum Gasteiger partial charge on any atom is -0.286 e. The van der Waals surface area contributed by atoms with Crippen molar-refractivity contribution >= 4 is 39.3 Å². The maximum atomic E-state index is 13.8. The molecule has 0 N–H and O–H groups in total. The zero-order valence-corrected chi connectivity index (χ0v) is 18.0. The standard InChI is InChI=1S/C25H20N4O2S/c30-23-21-15-8-7-14-20(21)22(27-29(23)19-12-5-2-6-13-19)24(31)28-16-9-17-32-25(28)26-18-10-3-1-4-11-18/h1-8,10-15H,9,16-17H2. The van der Waals surface area contributed by atoms with E-state index in [2.05, 4.69) is 5.10 Å². The van der Waals surface area contributed by atoms with E-state index in [1.807, 2.05) is 54.6 Å². The van der Waals surface area contributed by atoms with Gasteiger partial charge in [0.05, 0.1) is 16.8 Å². The molecule has 0 unspecified atom stereocenters. The number of carbonyl (C=O) groups is 1. The molecule has 1 fully saturated rings. The summed E-state index contributed by atoms with van der Waals surface area (Å²) in [6.07, 6.45) is 0.862. The summed E-state index contributed by atoms with van der Waals surface area (Å²) in [5, 5.41) is 6.19. The van der Waals surface area contributed by atoms with Gasteiger partial charge in [0, 0.05) is 17.7 Å². The molecule has 7 heteroatoms. The fourth-order valence-corrected chi connectivity index (χ4v) is 4.63. The topological polar surface area (TPSA) is 67.6 Å². The monoisotopic (exact) mass is 440 g/mol. The molecule has 0 radical (unpaired) electrons. The van der Waals surface area contributed by atoms with Crippen molar-refractivity contribution < 1.29 is 4.79 Å². The smallest absolute Gasteiger partial charge is 0.280 e. The van der Waals surface area contributed by atoms with Gasteiger partial charge < -0.3 is 0 Å². The number of carbonyl (C=O) groups excluding carboxylic acids is 1. The van der Waals surface area contributed by atoms with E-state index in [0.29, 0.717) is 28.2 Å². The number of rotatable bonds is 3. The summed E-state index contributed by atoms with van der Waals surface area (Å²) < 4.78 is 1.31. The van der Waals surface area contributed by atoms with Crippen LogP contribution in [-0.4, -0.2) is 38.1 Å². The lowest BCUT2D eigenvalue weighted by Gasteiger charge is -2.28. The number of aliphatic imine (C=N–C) groups is 1. The van der Waals surface area contributed by atoms with Gasteiger partial charge in [-0.3, -0.25) is 14.5 Å². The maximum absolute atomic E-state index is 13.8. The Morgan fingerprint density at radius 3 is 2.28 bits per heavy atom. The summed E-state index contributed by atoms with van der Waals surface area (Å²) >= 11 is 1.56. The van der Waals surface area contributed by atoms with Crippen molar-refractivity contribution in [2.45, 2.75) is 6.42 Å². The molecule has 4 aromatic rings. The first-order valence-electron chi connectivity index (χ1n) is 10.4. The number of nitrogens with zero attached hydrogens (tertiary/aromatic N) is 4. The molecule has 0 atom stereocenters. The van der Waals surface area contributed by atoms with Crippen LogP contribution in [0.4, 0.5) is 5.69 Å². The van der Waals surface area contributed by atoms with Crippen molar-refractivity contribution in [3.05, 3.63) is 101 Å². The highest BCUT2D eigenvalue weighted by Crippen LogP contribution is 2.25. The molecular weight excluding hydrogens is 420 g/mol. The normalized spacial score (nSPS) is 15.2. The lowest BCUT2D eigenvalue weighted by molar-refractivity contribution is 0.0844. The molecule has 1 aromatic heterocycles. The average molecular weight is 441 g/mol. The van der Waals surface area contributed by atoms with Crippen molar-refractivity contribution in [1.29, 1.82) is 0 Å². The molecule has 0 saturated carbocycles. The predicted molar refractivity (Wildman–Crippen MR) is 129 cm³/mol. The van der Waals surface area contributed by atoms with Gasteiger partial charge in [-0.25, -0.2) is 4.99 Å². The van der Waals surface area contributed by atoms with Gasteiger partial charge in [0.1, 0.15) is 0 Å². The number of benzene rings is 3. The number of hydrogen-bond acceptors (Lipinski definition) is 5. The molecule has 158 valence electrons. The van der Waals surface area contributed by atoms with E-state index in [4.69, 9.17) is 4.99 Å². The summed E-state index contributed by atoms with van der Waals surface area (Å²) in [6.45, 7) is 0.554. The van der Waals surface area contributed by atoms with E-state index in [1.54, 1.807) is 47.0 Å². The number of aromatic nitrogens is 2. The summed E-state index contributed by atoms with van der Waals surface area (Å²) in [6, 6.07) is 25.9. The van der Waals surface area contributed by atoms with Crippen LogP contribution >= 0.6 is 11.8 Å². The number of amides is 1. The van der Waals surface area contributed by atoms with Crippen LogP contribution in [0.2, 0.25) is 0 Å². The van der Waals surface area contributed by atoms with Crippen molar-refractivity contribution in [1.82, 2.24) is 14.7 Å². The van der Waals surface area contributed by atoms with Gasteiger partial charge in [-0.15, -0.1) is 0 Å². The quantitative estimate of drug-likeness (QED) is 0.465. The van der Waals surface area contributed by atoms with E-state index in [-0.39, 0.29) is 17.2 Å². The summed E-state index contributed by atoms with van der Waals surface area (Å²) in [4.78, 5) is 33.3. The molecule has 1 amide bonds. The lowest BCUT2D eigenvalue weighted by atomic mass is 10.1. The van der Waals surface area contributed by atoms with E-state index >= 15 is 0 Å². The summed E-state index contributed by atoms with van der Waals surface area (Å²) in [5.74, 6) is 0.639. The second-order valence-electron chi connectivity index (χ2n) is 7.34. The minimum atomic E-state index is -0.257. The molecule has 0 bridgehead atoms. The minimum absolute atomic E-state index is 0.243. The molecule has 1 aliphatic rings. The molecular formula is C25H20N4O2S. The van der Waals surface area contributed by atoms with Crippen LogP contribution in [-0.2, 0) is 0 Å². The first kappa shape index (κ1) is 20.2. The Morgan fingerprint density at radius 1 is 0.875 bits per heavy atom. The molecule has 1 saturated heterocycles. The van der Waals surface area contributed by atoms with Gasteiger partial charge in [-0.1, -0.05) is 66.4 Å². The zero-order chi connectivity index (χ0) is 21.9. The van der Waals surface area contributed by atoms with Crippen LogP contribution in [0.3, 0.4) is 0 Å². The molecule has 32 heavy (non-hydrogen) atoms. The van der Waals surface area contributed by atoms with Crippen molar-refractivity contribution in [3.8, 4) is 5.69 Å². The molecule has 0 aliphatic carbocycles. The van der Waals surface area contributed by atoms with E-state index in [1.165, 1.54) is 4.68 Å². The summed E-state index contributed by atoms with van der Waals surface area (Å²) in [7, 11) is 0. The number of amidine groups is 1. The molecule has 2 heterocycles. The van der Waals surface area contributed by atoms with Crippen LogP contribution < -0.4 is 5.56 Å². The Hall–Kier alpha value is -3.71. The van der Waals surface area contributed by atoms with Crippen LogP contribution in [0, 0.1) is 0 Å². The number of para-hydroxylation sites is 2. The van der Waals surface area contributed by atoms with Crippen molar-refractivity contribution in [3.63, 3.8) is 0 Å². The van der Waals surface area contributed by atoms with Crippen molar-refractivity contribution in [2.24, 2.45) is 4.99 Å². The lowest BCUT2D eigenvalue weighted by Crippen LogP contribution is -2.40. The Morgan fingerprint density at radius 2 is 1.53 bits per heavy atom. The second kappa shape index (κ2) is 8.80. The average Bonchev–Trinajstić information content (AvgIpc) is 2.86. The largest absolute Gasteiger partial charge is 0.286 e. The first-order chi connectivity index (χ1) is 15.7. The van der Waals surface area contributed by atoms with E-state index in [9.17, 15) is 9.59 Å². The maximum Gasteiger partial charge on any atom is 0.280 e. The predicted octanol–water partition coefficient (Wildman–Crippen LogP) is 4.65. The van der Waals surface area contributed by atoms with E-state index in [0.717, 1.165) is 17.9 Å². The van der Waals surface area contributed by atoms with Gasteiger partial charge in [0.25, 0.3) is 11.5 Å². The Bertz CT molecular complexity index is 1370. The number of thioether (sulfide) groups is 1. The molecule has 1 aliphatic heterocycles. The Balaban J connectivity index is 1.65. The Labute approximate surface area is 189 Å². The fourth-order valence-electron chi connectivity index (χ4n) is 3.67. The third-order valence-corrected chi connectivity index (χ3v) is 6.29. The van der Waals surface area contributed by atoms with Gasteiger partial charge in [-0.05, 0) is 36.8 Å². The van der Waals surface area contributed by atoms with Crippen LogP contribution in [0.5, 0.6) is 0 Å². The Kier molecular flexibility index (Phi) is 5.56. The van der Waals surface area contributed by atoms with Crippen molar-refractivity contribution in [2.75, 3.05) is 12.3 Å². The second-order valence-corrected chi connectivity index (χ2v) is 8.40. The zero-order valence-electron chi connectivity index (χ0n) is 17.2. The fraction of sp³-hybridized carbons (Fsp3) is 0.120. The molecule has 6 nitrogen and oxygen atoms in total. The van der Waals surface area contributed by atoms with Crippen LogP contribution in [0.1, 0.15) is 16.9 Å². The first-order valence-corrected chi connectivity index (χ1v) is 11.4. The molecule has 0 spiro atoms. The number of hydrogen-bond donors (Lipinski definition) is 0. The van der Waals surface area contributed by atoms with Crippen LogP contribution in [0.15, 0.2) is 94.7 Å². The highest BCUT2D eigenvalue weighted by molar-refractivity contribution is 8.13. The van der Waals surface area contributed by atoms with E-state index < -0.39 is 0 Å². The van der Waals surface area contributed by atoms with Gasteiger partial charge in [-0.2, -0.15) is 9.78 Å². The van der Waals surface area contributed by atoms with Gasteiger partial charge in [0.15, 0.2) is 10.9 Å². The molecule has 5 rings (SSSR count). The highest BCUT2D eigenvalue weighted by atomic mass is 32.2. The van der Waals surface area contributed by atoms with Crippen LogP contribution in [0.25, 0.3) is 16.5 Å². The van der Waals surface area contributed by atoms with Gasteiger partial charge in [0.2, 0.25) is 0 Å². The highest BCUT2D eigenvalue weighted by Gasteiger charge is 2.28. The molecule has 3 aromatic carbocycles. The summed E-state index contributed by atoms with van der Waals surface area (Å²) in [5.41, 5.74) is 1.40. The SMILES string of the molecule is O=C(c1nn(-c2ccccc2)c(=O)c2ccccc12)N1CCCSC1=Nc1ccccc1.